The van der Waals surface area contributed by atoms with Crippen LogP contribution in [0, 0.1) is 5.92 Å². The van der Waals surface area contributed by atoms with Gasteiger partial charge in [0.25, 0.3) is 0 Å². The molecule has 1 aromatic heterocycles. The average molecular weight is 403 g/mol. The van der Waals surface area contributed by atoms with Gasteiger partial charge >= 0.3 is 0 Å². The van der Waals surface area contributed by atoms with Crippen LogP contribution in [0.15, 0.2) is 67.0 Å². The third-order valence-corrected chi connectivity index (χ3v) is 7.32. The zero-order valence-electron chi connectivity index (χ0n) is 17.4. The van der Waals surface area contributed by atoms with E-state index in [1.807, 2.05) is 17.0 Å². The smallest absolute Gasteiger partial charge is 0.225 e. The summed E-state index contributed by atoms with van der Waals surface area (Å²) >= 11 is 0. The van der Waals surface area contributed by atoms with Gasteiger partial charge in [-0.3, -0.25) is 4.79 Å². The molecule has 2 fully saturated rings. The van der Waals surface area contributed by atoms with Crippen LogP contribution in [0.1, 0.15) is 50.1 Å². The Bertz CT molecular complexity index is 1020. The number of nitrogens with zero attached hydrogens (tertiary/aromatic N) is 2. The number of amides is 1. The van der Waals surface area contributed by atoms with E-state index in [9.17, 15) is 9.90 Å². The topological polar surface area (TPSA) is 45.5 Å². The molecule has 0 bridgehead atoms. The zero-order chi connectivity index (χ0) is 20.6. The lowest BCUT2D eigenvalue weighted by Crippen LogP contribution is -2.54. The predicted octanol–water partition coefficient (Wildman–Crippen LogP) is 4.77. The molecule has 0 radical (unpaired) electrons. The lowest BCUT2D eigenvalue weighted by atomic mass is 9.71. The first-order valence-corrected chi connectivity index (χ1v) is 11.2. The van der Waals surface area contributed by atoms with Crippen LogP contribution in [-0.4, -0.2) is 39.2 Å². The van der Waals surface area contributed by atoms with E-state index >= 15 is 0 Å². The Labute approximate surface area is 178 Å². The van der Waals surface area contributed by atoms with Crippen molar-refractivity contribution in [3.05, 3.63) is 72.6 Å². The first-order chi connectivity index (χ1) is 14.6. The van der Waals surface area contributed by atoms with Gasteiger partial charge in [-0.1, -0.05) is 55.3 Å². The Hall–Kier alpha value is -2.59. The van der Waals surface area contributed by atoms with Crippen LogP contribution < -0.4 is 0 Å². The normalized spacial score (nSPS) is 25.1. The lowest BCUT2D eigenvalue weighted by molar-refractivity contribution is -0.143. The van der Waals surface area contributed by atoms with Gasteiger partial charge in [-0.25, -0.2) is 0 Å². The Morgan fingerprint density at radius 1 is 1.03 bits per heavy atom. The van der Waals surface area contributed by atoms with Gasteiger partial charge in [-0.05, 0) is 47.7 Å². The maximum Gasteiger partial charge on any atom is 0.225 e. The highest BCUT2D eigenvalue weighted by Gasteiger charge is 2.43. The third kappa shape index (κ3) is 3.54. The van der Waals surface area contributed by atoms with Crippen LogP contribution in [0.4, 0.5) is 0 Å². The number of carbonyl (C=O) groups is 1. The number of carbonyl (C=O) groups excluding carboxylic acids is 1. The van der Waals surface area contributed by atoms with E-state index in [-0.39, 0.29) is 17.9 Å². The minimum absolute atomic E-state index is 0.0363. The summed E-state index contributed by atoms with van der Waals surface area (Å²) in [5, 5.41) is 13.4. The standard InChI is InChI=1S/C26H30N2O2/c29-25(28-17-14-26(30)13-4-3-10-21(26)19-28)18-24(27-15-5-6-16-27)23-12-7-9-20-8-1-2-11-22(20)23/h1-2,5-9,11-12,15-16,21,24,30H,3-4,10,13-14,17-19H2/t21-,24-,26+/m1/s1. The number of benzene rings is 2. The van der Waals surface area contributed by atoms with Crippen molar-refractivity contribution in [1.29, 1.82) is 0 Å². The van der Waals surface area contributed by atoms with Gasteiger partial charge in [-0.15, -0.1) is 0 Å². The molecule has 4 heteroatoms. The number of likely N-dealkylation sites (tertiary alicyclic amines) is 1. The first-order valence-electron chi connectivity index (χ1n) is 11.2. The average Bonchev–Trinajstić information content (AvgIpc) is 3.31. The van der Waals surface area contributed by atoms with Crippen molar-refractivity contribution >= 4 is 16.7 Å². The second-order valence-electron chi connectivity index (χ2n) is 9.05. The van der Waals surface area contributed by atoms with Crippen molar-refractivity contribution in [2.24, 2.45) is 5.92 Å². The number of hydrogen-bond acceptors (Lipinski definition) is 2. The van der Waals surface area contributed by atoms with Gasteiger partial charge in [0, 0.05) is 31.4 Å². The second-order valence-corrected chi connectivity index (χ2v) is 9.05. The quantitative estimate of drug-likeness (QED) is 0.683. The van der Waals surface area contributed by atoms with Crippen LogP contribution in [0.5, 0.6) is 0 Å². The van der Waals surface area contributed by atoms with E-state index in [4.69, 9.17) is 0 Å². The molecule has 0 spiro atoms. The Balaban J connectivity index is 1.42. The van der Waals surface area contributed by atoms with Crippen LogP contribution in [-0.2, 0) is 4.79 Å². The van der Waals surface area contributed by atoms with E-state index in [1.165, 1.54) is 16.3 Å². The summed E-state index contributed by atoms with van der Waals surface area (Å²) in [6.07, 6.45) is 9.45. The molecule has 1 saturated carbocycles. The molecule has 2 heterocycles. The molecule has 1 aliphatic heterocycles. The maximum atomic E-state index is 13.4. The van der Waals surface area contributed by atoms with Crippen molar-refractivity contribution in [2.45, 2.75) is 50.2 Å². The summed E-state index contributed by atoms with van der Waals surface area (Å²) in [7, 11) is 0. The van der Waals surface area contributed by atoms with Crippen LogP contribution in [0.25, 0.3) is 10.8 Å². The molecule has 5 rings (SSSR count). The highest BCUT2D eigenvalue weighted by Crippen LogP contribution is 2.40. The highest BCUT2D eigenvalue weighted by molar-refractivity contribution is 5.87. The molecule has 1 aliphatic carbocycles. The summed E-state index contributed by atoms with van der Waals surface area (Å²) in [6, 6.07) is 18.8. The SMILES string of the molecule is O=C(C[C@H](c1cccc2ccccc12)n1cccc1)N1CC[C@@]2(O)CCCC[C@@H]2C1. The van der Waals surface area contributed by atoms with Gasteiger partial charge in [0.2, 0.25) is 5.91 Å². The molecule has 30 heavy (non-hydrogen) atoms. The summed E-state index contributed by atoms with van der Waals surface area (Å²) in [6.45, 7) is 1.36. The fourth-order valence-electron chi connectivity index (χ4n) is 5.56. The van der Waals surface area contributed by atoms with Gasteiger partial charge in [-0.2, -0.15) is 0 Å². The maximum absolute atomic E-state index is 13.4. The molecule has 3 atom stereocenters. The van der Waals surface area contributed by atoms with E-state index in [2.05, 4.69) is 59.4 Å². The van der Waals surface area contributed by atoms with Gasteiger partial charge in [0.05, 0.1) is 18.1 Å². The highest BCUT2D eigenvalue weighted by atomic mass is 16.3. The second kappa shape index (κ2) is 7.92. The van der Waals surface area contributed by atoms with Crippen molar-refractivity contribution < 1.29 is 9.90 Å². The fraction of sp³-hybridized carbons (Fsp3) is 0.423. The Morgan fingerprint density at radius 2 is 1.83 bits per heavy atom. The molecule has 1 saturated heterocycles. The molecular formula is C26H30N2O2. The van der Waals surface area contributed by atoms with E-state index in [0.717, 1.165) is 25.7 Å². The van der Waals surface area contributed by atoms with Crippen LogP contribution in [0.2, 0.25) is 0 Å². The summed E-state index contributed by atoms with van der Waals surface area (Å²) in [5.74, 6) is 0.417. The van der Waals surface area contributed by atoms with Crippen molar-refractivity contribution in [2.75, 3.05) is 13.1 Å². The summed E-state index contributed by atoms with van der Waals surface area (Å²) in [4.78, 5) is 15.4. The molecule has 4 nitrogen and oxygen atoms in total. The van der Waals surface area contributed by atoms with Gasteiger partial charge < -0.3 is 14.6 Å². The number of aliphatic hydroxyl groups is 1. The summed E-state index contributed by atoms with van der Waals surface area (Å²) < 4.78 is 2.15. The number of rotatable bonds is 4. The van der Waals surface area contributed by atoms with Crippen molar-refractivity contribution in [3.8, 4) is 0 Å². The van der Waals surface area contributed by atoms with E-state index in [0.29, 0.717) is 25.9 Å². The first kappa shape index (κ1) is 19.4. The number of aromatic nitrogens is 1. The Morgan fingerprint density at radius 3 is 2.70 bits per heavy atom. The molecule has 2 aromatic carbocycles. The largest absolute Gasteiger partial charge is 0.389 e. The molecule has 156 valence electrons. The van der Waals surface area contributed by atoms with Gasteiger partial charge in [0.15, 0.2) is 0 Å². The molecular weight excluding hydrogens is 372 g/mol. The van der Waals surface area contributed by atoms with E-state index < -0.39 is 5.60 Å². The Kier molecular flexibility index (Phi) is 5.11. The fourth-order valence-corrected chi connectivity index (χ4v) is 5.56. The molecule has 3 aromatic rings. The number of hydrogen-bond donors (Lipinski definition) is 1. The zero-order valence-corrected chi connectivity index (χ0v) is 17.4. The predicted molar refractivity (Wildman–Crippen MR) is 119 cm³/mol. The van der Waals surface area contributed by atoms with Crippen LogP contribution >= 0.6 is 0 Å². The third-order valence-electron chi connectivity index (χ3n) is 7.32. The minimum atomic E-state index is -0.551. The van der Waals surface area contributed by atoms with Crippen LogP contribution in [0.3, 0.4) is 0 Å². The van der Waals surface area contributed by atoms with E-state index in [1.54, 1.807) is 0 Å². The molecule has 2 aliphatic rings. The number of fused-ring (bicyclic) bond motifs is 2. The molecule has 1 N–H and O–H groups in total. The monoisotopic (exact) mass is 402 g/mol. The van der Waals surface area contributed by atoms with Gasteiger partial charge in [0.1, 0.15) is 0 Å². The van der Waals surface area contributed by atoms with Crippen molar-refractivity contribution in [1.82, 2.24) is 9.47 Å². The molecule has 0 unspecified atom stereocenters. The van der Waals surface area contributed by atoms with Crippen molar-refractivity contribution in [3.63, 3.8) is 0 Å². The summed E-state index contributed by atoms with van der Waals surface area (Å²) in [5.41, 5.74) is 0.633. The minimum Gasteiger partial charge on any atom is -0.389 e. The lowest BCUT2D eigenvalue weighted by Gasteiger charge is -2.47. The number of piperidine rings is 1. The molecule has 1 amide bonds.